The van der Waals surface area contributed by atoms with E-state index < -0.39 is 29.3 Å². The van der Waals surface area contributed by atoms with Crippen molar-refractivity contribution in [3.05, 3.63) is 81.3 Å². The molecule has 1 aliphatic rings. The van der Waals surface area contributed by atoms with Crippen LogP contribution >= 0.6 is 0 Å². The number of carbonyl (C=O) groups is 1. The van der Waals surface area contributed by atoms with Gasteiger partial charge in [0.05, 0.1) is 17.0 Å². The van der Waals surface area contributed by atoms with Gasteiger partial charge in [0, 0.05) is 23.2 Å². The van der Waals surface area contributed by atoms with Crippen molar-refractivity contribution in [2.24, 2.45) is 0 Å². The van der Waals surface area contributed by atoms with Gasteiger partial charge in [-0.3, -0.25) is 9.59 Å². The van der Waals surface area contributed by atoms with E-state index in [2.05, 4.69) is 10.6 Å². The van der Waals surface area contributed by atoms with Crippen molar-refractivity contribution in [1.82, 2.24) is 15.2 Å². The maximum absolute atomic E-state index is 14.6. The molecule has 30 heavy (non-hydrogen) atoms. The zero-order chi connectivity index (χ0) is 21.4. The lowest BCUT2D eigenvalue weighted by Crippen LogP contribution is -2.34. The number of benzene rings is 2. The van der Waals surface area contributed by atoms with Gasteiger partial charge in [-0.2, -0.15) is 0 Å². The lowest BCUT2D eigenvalue weighted by Gasteiger charge is -2.22. The Labute approximate surface area is 171 Å². The average molecular weight is 413 g/mol. The van der Waals surface area contributed by atoms with Gasteiger partial charge in [-0.05, 0) is 38.1 Å². The molecule has 3 aromatic rings. The summed E-state index contributed by atoms with van der Waals surface area (Å²) in [6.45, 7) is 2.88. The van der Waals surface area contributed by atoms with E-state index in [4.69, 9.17) is 0 Å². The minimum Gasteiger partial charge on any atom is -0.369 e. The number of aromatic nitrogens is 1. The Morgan fingerprint density at radius 3 is 2.73 bits per heavy atom. The first-order valence-corrected chi connectivity index (χ1v) is 9.67. The minimum atomic E-state index is -1.47. The Bertz CT molecular complexity index is 1190. The second-order valence-corrected chi connectivity index (χ2v) is 7.38. The molecule has 0 unspecified atom stereocenters. The topological polar surface area (TPSA) is 83.4 Å². The molecule has 0 bridgehead atoms. The summed E-state index contributed by atoms with van der Waals surface area (Å²) in [5.74, 6) is -1.94. The Hall–Kier alpha value is -3.10. The monoisotopic (exact) mass is 413 g/mol. The molecule has 2 aromatic carbocycles. The number of aliphatic hydroxyl groups is 1. The molecular weight excluding hydrogens is 392 g/mol. The van der Waals surface area contributed by atoms with Crippen LogP contribution in [0.3, 0.4) is 0 Å². The number of carbonyl (C=O) groups excluding carboxylic acids is 1. The summed E-state index contributed by atoms with van der Waals surface area (Å²) in [6, 6.07) is 9.14. The molecule has 2 heterocycles. The summed E-state index contributed by atoms with van der Waals surface area (Å²) < 4.78 is 29.5. The molecule has 0 spiro atoms. The van der Waals surface area contributed by atoms with Gasteiger partial charge in [0.2, 0.25) is 0 Å². The number of hydrogen-bond acceptors (Lipinski definition) is 4. The molecule has 1 aromatic heterocycles. The lowest BCUT2D eigenvalue weighted by molar-refractivity contribution is 0.0783. The maximum atomic E-state index is 14.6. The van der Waals surface area contributed by atoms with E-state index in [9.17, 15) is 23.5 Å². The van der Waals surface area contributed by atoms with E-state index in [1.165, 1.54) is 41.0 Å². The number of pyridine rings is 1. The molecule has 1 aliphatic heterocycles. The SMILES string of the molecule is Cc1c(C(=O)N[C@@H](O)c2cccc(F)c2)c2cccc(F)c2c(=O)n1[C@@H]1CCNC1. The quantitative estimate of drug-likeness (QED) is 0.574. The molecule has 2 atom stereocenters. The molecule has 4 rings (SSSR count). The number of nitrogens with one attached hydrogen (secondary N) is 2. The van der Waals surface area contributed by atoms with Gasteiger partial charge in [-0.1, -0.05) is 24.3 Å². The van der Waals surface area contributed by atoms with Crippen LogP contribution in [0.15, 0.2) is 47.3 Å². The van der Waals surface area contributed by atoms with E-state index in [1.54, 1.807) is 6.92 Å². The van der Waals surface area contributed by atoms with Crippen LogP contribution in [0.2, 0.25) is 0 Å². The molecule has 1 saturated heterocycles. The van der Waals surface area contributed by atoms with Gasteiger partial charge in [0.25, 0.3) is 11.5 Å². The summed E-state index contributed by atoms with van der Waals surface area (Å²) in [5, 5.41) is 16.0. The first-order chi connectivity index (χ1) is 14.4. The van der Waals surface area contributed by atoms with E-state index >= 15 is 0 Å². The van der Waals surface area contributed by atoms with Crippen molar-refractivity contribution >= 4 is 16.7 Å². The van der Waals surface area contributed by atoms with Crippen molar-refractivity contribution in [3.8, 4) is 0 Å². The van der Waals surface area contributed by atoms with Crippen LogP contribution in [0, 0.1) is 18.6 Å². The first kappa shape index (κ1) is 20.2. The molecule has 0 radical (unpaired) electrons. The minimum absolute atomic E-state index is 0.103. The highest BCUT2D eigenvalue weighted by Gasteiger charge is 2.27. The van der Waals surface area contributed by atoms with Crippen molar-refractivity contribution in [3.63, 3.8) is 0 Å². The van der Waals surface area contributed by atoms with Gasteiger partial charge in [-0.15, -0.1) is 0 Å². The average Bonchev–Trinajstić information content (AvgIpc) is 3.22. The summed E-state index contributed by atoms with van der Waals surface area (Å²) in [7, 11) is 0. The number of fused-ring (bicyclic) bond motifs is 1. The van der Waals surface area contributed by atoms with E-state index in [1.807, 2.05) is 0 Å². The van der Waals surface area contributed by atoms with Crippen LogP contribution in [0.1, 0.15) is 40.3 Å². The highest BCUT2D eigenvalue weighted by Crippen LogP contribution is 2.26. The molecule has 0 aliphatic carbocycles. The highest BCUT2D eigenvalue weighted by atomic mass is 19.1. The summed E-state index contributed by atoms with van der Waals surface area (Å²) >= 11 is 0. The zero-order valence-electron chi connectivity index (χ0n) is 16.3. The van der Waals surface area contributed by atoms with Crippen molar-refractivity contribution in [1.29, 1.82) is 0 Å². The molecule has 156 valence electrons. The second kappa shape index (κ2) is 7.97. The van der Waals surface area contributed by atoms with E-state index in [0.717, 1.165) is 6.07 Å². The molecule has 1 fully saturated rings. The van der Waals surface area contributed by atoms with Gasteiger partial charge >= 0.3 is 0 Å². The van der Waals surface area contributed by atoms with E-state index in [-0.39, 0.29) is 27.9 Å². The van der Waals surface area contributed by atoms with Crippen molar-refractivity contribution in [2.75, 3.05) is 13.1 Å². The van der Waals surface area contributed by atoms with Crippen molar-refractivity contribution in [2.45, 2.75) is 25.6 Å². The molecule has 8 heteroatoms. The third kappa shape index (κ3) is 3.48. The van der Waals surface area contributed by atoms with Gasteiger partial charge in [0.15, 0.2) is 6.23 Å². The number of halogens is 2. The predicted octanol–water partition coefficient (Wildman–Crippen LogP) is 2.54. The smallest absolute Gasteiger partial charge is 0.261 e. The maximum Gasteiger partial charge on any atom is 0.261 e. The fraction of sp³-hybridized carbons (Fsp3) is 0.273. The van der Waals surface area contributed by atoms with Crippen LogP contribution < -0.4 is 16.2 Å². The van der Waals surface area contributed by atoms with Crippen LogP contribution in [0.5, 0.6) is 0 Å². The molecule has 0 saturated carbocycles. The van der Waals surface area contributed by atoms with Crippen LogP contribution in [0.25, 0.3) is 10.8 Å². The molecule has 3 N–H and O–H groups in total. The predicted molar refractivity (Wildman–Crippen MR) is 108 cm³/mol. The summed E-state index contributed by atoms with van der Waals surface area (Å²) in [5.41, 5.74) is 0.170. The Balaban J connectivity index is 1.84. The normalized spacial score (nSPS) is 17.3. The summed E-state index contributed by atoms with van der Waals surface area (Å²) in [6.07, 6.45) is -0.794. The standard InChI is InChI=1S/C22H21F2N3O3/c1-12-18(21(29)26-20(28)13-4-2-5-14(23)10-13)16-6-3-7-17(24)19(16)22(30)27(12)15-8-9-25-11-15/h2-7,10,15,20,25,28H,8-9,11H2,1H3,(H,26,29)/t15-,20+/m1/s1. The van der Waals surface area contributed by atoms with Crippen LogP contribution in [0.4, 0.5) is 8.78 Å². The number of aliphatic hydroxyl groups excluding tert-OH is 1. The third-order valence-corrected chi connectivity index (χ3v) is 5.50. The molecule has 6 nitrogen and oxygen atoms in total. The third-order valence-electron chi connectivity index (χ3n) is 5.50. The Kier molecular flexibility index (Phi) is 5.36. The molecule has 1 amide bonds. The van der Waals surface area contributed by atoms with E-state index in [0.29, 0.717) is 25.2 Å². The first-order valence-electron chi connectivity index (χ1n) is 9.67. The number of nitrogens with zero attached hydrogens (tertiary/aromatic N) is 1. The fourth-order valence-electron chi connectivity index (χ4n) is 4.08. The summed E-state index contributed by atoms with van der Waals surface area (Å²) in [4.78, 5) is 26.2. The van der Waals surface area contributed by atoms with Crippen LogP contribution in [-0.2, 0) is 0 Å². The van der Waals surface area contributed by atoms with Crippen molar-refractivity contribution < 1.29 is 18.7 Å². The fourth-order valence-corrected chi connectivity index (χ4v) is 4.08. The number of hydrogen-bond donors (Lipinski definition) is 3. The van der Waals surface area contributed by atoms with Gasteiger partial charge < -0.3 is 20.3 Å². The number of rotatable bonds is 4. The Morgan fingerprint density at radius 2 is 2.03 bits per heavy atom. The number of amides is 1. The highest BCUT2D eigenvalue weighted by molar-refractivity contribution is 6.08. The zero-order valence-corrected chi connectivity index (χ0v) is 16.3. The largest absolute Gasteiger partial charge is 0.369 e. The van der Waals surface area contributed by atoms with Gasteiger partial charge in [-0.25, -0.2) is 8.78 Å². The van der Waals surface area contributed by atoms with Gasteiger partial charge in [0.1, 0.15) is 11.6 Å². The Morgan fingerprint density at radius 1 is 1.27 bits per heavy atom. The van der Waals surface area contributed by atoms with Crippen LogP contribution in [-0.4, -0.2) is 28.7 Å². The second-order valence-electron chi connectivity index (χ2n) is 7.38. The molecular formula is C22H21F2N3O3. The lowest BCUT2D eigenvalue weighted by atomic mass is 10.0.